The van der Waals surface area contributed by atoms with E-state index >= 15 is 0 Å². The highest BCUT2D eigenvalue weighted by molar-refractivity contribution is 6.30. The number of ether oxygens (including phenoxy) is 2. The molecule has 0 radical (unpaired) electrons. The van der Waals surface area contributed by atoms with Gasteiger partial charge in [-0.2, -0.15) is 0 Å². The third-order valence-corrected chi connectivity index (χ3v) is 4.03. The van der Waals surface area contributed by atoms with Crippen LogP contribution in [0.1, 0.15) is 6.92 Å². The fourth-order valence-electron chi connectivity index (χ4n) is 2.54. The third-order valence-electron chi connectivity index (χ3n) is 3.78. The van der Waals surface area contributed by atoms with E-state index in [-0.39, 0.29) is 12.7 Å². The zero-order valence-electron chi connectivity index (χ0n) is 13.3. The molecule has 6 nitrogen and oxygen atoms in total. The number of hydrogen-bond donors (Lipinski definition) is 2. The van der Waals surface area contributed by atoms with Crippen LogP contribution in [-0.2, 0) is 4.74 Å². The average molecular weight is 344 g/mol. The molecule has 0 saturated carbocycles. The lowest BCUT2D eigenvalue weighted by atomic mass is 10.2. The number of aliphatic hydroxyl groups is 1. The largest absolute Gasteiger partial charge is 0.491 e. The second-order valence-electron chi connectivity index (χ2n) is 5.56. The lowest BCUT2D eigenvalue weighted by Gasteiger charge is -2.32. The topological polar surface area (TPSA) is 63.4 Å². The smallest absolute Gasteiger partial charge is 0.410 e. The first-order valence-electron chi connectivity index (χ1n) is 7.90. The molecule has 1 aromatic rings. The van der Waals surface area contributed by atoms with Crippen molar-refractivity contribution in [3.8, 4) is 5.75 Å². The number of carbonyl (C=O) groups excluding carboxylic acids is 1. The second kappa shape index (κ2) is 8.96. The van der Waals surface area contributed by atoms with E-state index in [0.29, 0.717) is 37.0 Å². The summed E-state index contributed by atoms with van der Waals surface area (Å²) in [5, 5.41) is 10.8. The normalized spacial score (nSPS) is 16.9. The Labute approximate surface area is 141 Å². The van der Waals surface area contributed by atoms with E-state index in [2.05, 4.69) is 0 Å². The fourth-order valence-corrected chi connectivity index (χ4v) is 2.67. The molecule has 7 heteroatoms. The molecular formula is C16H24ClN2O4+. The standard InChI is InChI=1S/C16H23ClN2O4/c1-2-22-16(21)19-9-7-18(8-10-19)11-14(20)12-23-15-5-3-13(17)4-6-15/h3-6,14,20H,2,7-12H2,1H3/p+1/t14-/m0/s1. The third kappa shape index (κ3) is 5.89. The minimum absolute atomic E-state index is 0.243. The van der Waals surface area contributed by atoms with Crippen molar-refractivity contribution in [3.63, 3.8) is 0 Å². The molecule has 23 heavy (non-hydrogen) atoms. The summed E-state index contributed by atoms with van der Waals surface area (Å²) in [5.41, 5.74) is 0. The number of hydrogen-bond acceptors (Lipinski definition) is 4. The lowest BCUT2D eigenvalue weighted by Crippen LogP contribution is -3.16. The van der Waals surface area contributed by atoms with Crippen LogP contribution < -0.4 is 9.64 Å². The highest BCUT2D eigenvalue weighted by Gasteiger charge is 2.26. The van der Waals surface area contributed by atoms with Gasteiger partial charge in [-0.25, -0.2) is 4.79 Å². The molecule has 0 aromatic heterocycles. The first-order valence-corrected chi connectivity index (χ1v) is 8.28. The highest BCUT2D eigenvalue weighted by Crippen LogP contribution is 2.15. The van der Waals surface area contributed by atoms with Crippen LogP contribution in [0, 0.1) is 0 Å². The first kappa shape index (κ1) is 17.8. The number of amides is 1. The summed E-state index contributed by atoms with van der Waals surface area (Å²) in [6.07, 6.45) is -0.798. The number of rotatable bonds is 6. The van der Waals surface area contributed by atoms with Crippen LogP contribution >= 0.6 is 11.6 Å². The molecular weight excluding hydrogens is 320 g/mol. The molecule has 1 aromatic carbocycles. The molecule has 1 atom stereocenters. The van der Waals surface area contributed by atoms with Crippen molar-refractivity contribution in [2.45, 2.75) is 13.0 Å². The number of benzene rings is 1. The average Bonchev–Trinajstić information content (AvgIpc) is 2.55. The minimum atomic E-state index is -0.546. The Hall–Kier alpha value is -1.50. The number of aliphatic hydroxyl groups excluding tert-OH is 1. The van der Waals surface area contributed by atoms with Gasteiger partial charge in [-0.05, 0) is 31.2 Å². The van der Waals surface area contributed by atoms with Crippen LogP contribution in [0.15, 0.2) is 24.3 Å². The predicted octanol–water partition coefficient (Wildman–Crippen LogP) is 0.437. The Kier molecular flexibility index (Phi) is 6.95. The Morgan fingerprint density at radius 2 is 2.00 bits per heavy atom. The number of nitrogens with zero attached hydrogens (tertiary/aromatic N) is 1. The van der Waals surface area contributed by atoms with Crippen molar-refractivity contribution in [1.29, 1.82) is 0 Å². The summed E-state index contributed by atoms with van der Waals surface area (Å²) in [4.78, 5) is 14.6. The number of piperazine rings is 1. The molecule has 2 rings (SSSR count). The summed E-state index contributed by atoms with van der Waals surface area (Å²) >= 11 is 5.81. The van der Waals surface area contributed by atoms with Gasteiger partial charge >= 0.3 is 6.09 Å². The molecule has 128 valence electrons. The van der Waals surface area contributed by atoms with Crippen molar-refractivity contribution in [1.82, 2.24) is 4.90 Å². The zero-order valence-corrected chi connectivity index (χ0v) is 14.1. The Bertz CT molecular complexity index is 489. The van der Waals surface area contributed by atoms with Gasteiger partial charge in [-0.1, -0.05) is 11.6 Å². The van der Waals surface area contributed by atoms with Gasteiger partial charge in [0.05, 0.1) is 32.8 Å². The molecule has 0 unspecified atom stereocenters. The second-order valence-corrected chi connectivity index (χ2v) is 6.00. The van der Waals surface area contributed by atoms with Crippen molar-refractivity contribution < 1.29 is 24.3 Å². The summed E-state index contributed by atoms with van der Waals surface area (Å²) in [7, 11) is 0. The van der Waals surface area contributed by atoms with Gasteiger partial charge in [0.1, 0.15) is 25.0 Å². The van der Waals surface area contributed by atoms with Crippen LogP contribution in [0.4, 0.5) is 4.79 Å². The van der Waals surface area contributed by atoms with Gasteiger partial charge in [0, 0.05) is 5.02 Å². The van der Waals surface area contributed by atoms with Crippen LogP contribution in [0.3, 0.4) is 0 Å². The fraction of sp³-hybridized carbons (Fsp3) is 0.562. The van der Waals surface area contributed by atoms with Gasteiger partial charge < -0.3 is 19.5 Å². The summed E-state index contributed by atoms with van der Waals surface area (Å²) < 4.78 is 10.5. The van der Waals surface area contributed by atoms with E-state index in [1.807, 2.05) is 0 Å². The zero-order chi connectivity index (χ0) is 16.7. The molecule has 1 heterocycles. The van der Waals surface area contributed by atoms with Crippen molar-refractivity contribution in [2.24, 2.45) is 0 Å². The molecule has 1 aliphatic heterocycles. The summed E-state index contributed by atoms with van der Waals surface area (Å²) in [6, 6.07) is 7.06. The van der Waals surface area contributed by atoms with Gasteiger partial charge in [-0.3, -0.25) is 4.90 Å². The van der Waals surface area contributed by atoms with E-state index in [9.17, 15) is 9.90 Å². The Morgan fingerprint density at radius 1 is 1.35 bits per heavy atom. The summed E-state index contributed by atoms with van der Waals surface area (Å²) in [6.45, 7) is 5.95. The van der Waals surface area contributed by atoms with Gasteiger partial charge in [0.2, 0.25) is 0 Å². The Balaban J connectivity index is 1.67. The van der Waals surface area contributed by atoms with E-state index < -0.39 is 6.10 Å². The predicted molar refractivity (Wildman–Crippen MR) is 87.1 cm³/mol. The van der Waals surface area contributed by atoms with Gasteiger partial charge in [0.15, 0.2) is 0 Å². The number of carbonyl (C=O) groups is 1. The maximum absolute atomic E-state index is 11.6. The summed E-state index contributed by atoms with van der Waals surface area (Å²) in [5.74, 6) is 0.690. The molecule has 0 spiro atoms. The van der Waals surface area contributed by atoms with E-state index in [4.69, 9.17) is 21.1 Å². The van der Waals surface area contributed by atoms with Crippen molar-refractivity contribution in [3.05, 3.63) is 29.3 Å². The van der Waals surface area contributed by atoms with Crippen LogP contribution in [0.5, 0.6) is 5.75 Å². The molecule has 1 fully saturated rings. The van der Waals surface area contributed by atoms with Crippen molar-refractivity contribution in [2.75, 3.05) is 45.9 Å². The van der Waals surface area contributed by atoms with E-state index in [0.717, 1.165) is 13.1 Å². The molecule has 1 saturated heterocycles. The Morgan fingerprint density at radius 3 is 2.61 bits per heavy atom. The monoisotopic (exact) mass is 343 g/mol. The van der Waals surface area contributed by atoms with E-state index in [1.165, 1.54) is 4.90 Å². The maximum atomic E-state index is 11.6. The van der Waals surface area contributed by atoms with Gasteiger partial charge in [0.25, 0.3) is 0 Å². The molecule has 2 N–H and O–H groups in total. The van der Waals surface area contributed by atoms with E-state index in [1.54, 1.807) is 36.1 Å². The first-order chi connectivity index (χ1) is 11.1. The maximum Gasteiger partial charge on any atom is 0.410 e. The lowest BCUT2D eigenvalue weighted by molar-refractivity contribution is -0.907. The molecule has 1 amide bonds. The van der Waals surface area contributed by atoms with Crippen LogP contribution in [0.25, 0.3) is 0 Å². The number of nitrogens with one attached hydrogen (secondary N) is 1. The molecule has 0 aliphatic carbocycles. The van der Waals surface area contributed by atoms with Crippen molar-refractivity contribution >= 4 is 17.7 Å². The number of halogens is 1. The highest BCUT2D eigenvalue weighted by atomic mass is 35.5. The minimum Gasteiger partial charge on any atom is -0.491 e. The van der Waals surface area contributed by atoms with Gasteiger partial charge in [-0.15, -0.1) is 0 Å². The molecule has 1 aliphatic rings. The SMILES string of the molecule is CCOC(=O)N1CC[NH+](C[C@H](O)COc2ccc(Cl)cc2)CC1. The quantitative estimate of drug-likeness (QED) is 0.786. The van der Waals surface area contributed by atoms with Crippen LogP contribution in [0.2, 0.25) is 5.02 Å². The molecule has 0 bridgehead atoms. The number of quaternary nitrogens is 1. The van der Waals surface area contributed by atoms with Crippen LogP contribution in [-0.4, -0.2) is 68.1 Å².